The summed E-state index contributed by atoms with van der Waals surface area (Å²) in [7, 11) is 1.49. The molecule has 0 spiro atoms. The van der Waals surface area contributed by atoms with Crippen molar-refractivity contribution in [1.29, 1.82) is 0 Å². The van der Waals surface area contributed by atoms with E-state index >= 15 is 0 Å². The molecule has 2 saturated carbocycles. The third kappa shape index (κ3) is 2.56. The molecule has 1 aromatic rings. The number of ether oxygens (including phenoxy) is 1. The number of hydrogen-bond donors (Lipinski definition) is 2. The van der Waals surface area contributed by atoms with Crippen LogP contribution in [0.15, 0.2) is 23.3 Å². The van der Waals surface area contributed by atoms with Crippen molar-refractivity contribution in [3.63, 3.8) is 0 Å². The zero-order valence-corrected chi connectivity index (χ0v) is 13.0. The first-order chi connectivity index (χ1) is 10.6. The molecule has 0 saturated heterocycles. The van der Waals surface area contributed by atoms with Crippen LogP contribution in [0.2, 0.25) is 0 Å². The van der Waals surface area contributed by atoms with Crippen molar-refractivity contribution in [2.45, 2.75) is 32.6 Å². The van der Waals surface area contributed by atoms with Crippen LogP contribution in [0.25, 0.3) is 0 Å². The van der Waals surface area contributed by atoms with E-state index in [0.29, 0.717) is 11.7 Å². The lowest BCUT2D eigenvalue weighted by atomic mass is 9.90. The van der Waals surface area contributed by atoms with Crippen LogP contribution in [-0.2, 0) is 4.79 Å². The molecule has 0 aliphatic heterocycles. The fourth-order valence-corrected chi connectivity index (χ4v) is 3.86. The van der Waals surface area contributed by atoms with E-state index in [2.05, 4.69) is 17.5 Å². The number of nitrogens with zero attached hydrogens (tertiary/aromatic N) is 1. The number of phenols is 1. The van der Waals surface area contributed by atoms with Gasteiger partial charge in [-0.15, -0.1) is 0 Å². The number of phenolic OH excluding ortho intramolecular Hbond substituents is 1. The van der Waals surface area contributed by atoms with Crippen LogP contribution < -0.4 is 10.2 Å². The minimum atomic E-state index is 0.0244. The van der Waals surface area contributed by atoms with Gasteiger partial charge in [-0.2, -0.15) is 5.10 Å². The second-order valence-corrected chi connectivity index (χ2v) is 6.50. The Labute approximate surface area is 130 Å². The van der Waals surface area contributed by atoms with Crippen LogP contribution in [0.5, 0.6) is 11.5 Å². The van der Waals surface area contributed by atoms with Gasteiger partial charge in [0, 0.05) is 5.92 Å². The molecule has 5 nitrogen and oxygen atoms in total. The highest BCUT2D eigenvalue weighted by Gasteiger charge is 2.64. The molecule has 22 heavy (non-hydrogen) atoms. The first-order valence-corrected chi connectivity index (χ1v) is 7.76. The molecule has 2 aliphatic rings. The predicted octanol–water partition coefficient (Wildman–Crippen LogP) is 2.68. The Balaban J connectivity index is 1.59. The molecule has 1 amide bonds. The molecule has 0 heterocycles. The molecule has 2 aliphatic carbocycles. The van der Waals surface area contributed by atoms with Gasteiger partial charge in [0.2, 0.25) is 5.91 Å². The smallest absolute Gasteiger partial charge is 0.244 e. The molecular weight excluding hydrogens is 280 g/mol. The molecule has 0 unspecified atom stereocenters. The molecule has 2 N–H and O–H groups in total. The minimum absolute atomic E-state index is 0.0244. The Hall–Kier alpha value is -2.04. The van der Waals surface area contributed by atoms with E-state index in [-0.39, 0.29) is 23.0 Å². The summed E-state index contributed by atoms with van der Waals surface area (Å²) >= 11 is 0. The Bertz CT molecular complexity index is 614. The van der Waals surface area contributed by atoms with Crippen molar-refractivity contribution in [3.05, 3.63) is 23.8 Å². The van der Waals surface area contributed by atoms with E-state index in [9.17, 15) is 9.90 Å². The van der Waals surface area contributed by atoms with Crippen LogP contribution in [0.3, 0.4) is 0 Å². The minimum Gasteiger partial charge on any atom is -0.504 e. The molecule has 0 bridgehead atoms. The van der Waals surface area contributed by atoms with Crippen LogP contribution in [0.1, 0.15) is 38.2 Å². The van der Waals surface area contributed by atoms with Crippen LogP contribution in [0, 0.1) is 17.3 Å². The molecule has 0 radical (unpaired) electrons. The summed E-state index contributed by atoms with van der Waals surface area (Å²) < 4.78 is 5.04. The highest BCUT2D eigenvalue weighted by molar-refractivity contribution is 5.86. The van der Waals surface area contributed by atoms with Crippen LogP contribution >= 0.6 is 0 Å². The summed E-state index contributed by atoms with van der Waals surface area (Å²) in [4.78, 5) is 12.3. The van der Waals surface area contributed by atoms with Crippen molar-refractivity contribution in [2.24, 2.45) is 22.4 Å². The first kappa shape index (κ1) is 14.9. The zero-order chi connectivity index (χ0) is 15.7. The third-order valence-corrected chi connectivity index (χ3v) is 5.21. The fourth-order valence-electron chi connectivity index (χ4n) is 3.86. The second kappa shape index (κ2) is 5.63. The van der Waals surface area contributed by atoms with Crippen molar-refractivity contribution in [2.75, 3.05) is 7.11 Å². The largest absolute Gasteiger partial charge is 0.504 e. The quantitative estimate of drug-likeness (QED) is 0.663. The molecule has 5 heteroatoms. The number of methoxy groups -OCH3 is 1. The summed E-state index contributed by atoms with van der Waals surface area (Å²) in [6, 6.07) is 4.92. The number of hydrogen-bond acceptors (Lipinski definition) is 4. The maximum absolute atomic E-state index is 12.3. The summed E-state index contributed by atoms with van der Waals surface area (Å²) in [5.41, 5.74) is 3.61. The standard InChI is InChI=1S/C17H22N2O3/c1-17-8-4-3-5-12(17)15(17)16(21)19-18-10-11-6-7-13(20)14(9-11)22-2/h6-7,9-10,12,15,20H,3-5,8H2,1-2H3,(H,19,21)/t12-,15+,17-/m1/s1. The zero-order valence-electron chi connectivity index (χ0n) is 13.0. The van der Waals surface area contributed by atoms with E-state index in [1.165, 1.54) is 20.0 Å². The molecule has 118 valence electrons. The van der Waals surface area contributed by atoms with Gasteiger partial charge in [0.25, 0.3) is 0 Å². The van der Waals surface area contributed by atoms with Crippen molar-refractivity contribution < 1.29 is 14.6 Å². The summed E-state index contributed by atoms with van der Waals surface area (Å²) in [5, 5.41) is 13.6. The number of benzene rings is 1. The number of carbonyl (C=O) groups excluding carboxylic acids is 1. The average molecular weight is 302 g/mol. The van der Waals surface area contributed by atoms with Gasteiger partial charge in [-0.05, 0) is 47.9 Å². The molecule has 3 rings (SSSR count). The third-order valence-electron chi connectivity index (χ3n) is 5.21. The summed E-state index contributed by atoms with van der Waals surface area (Å²) in [6.07, 6.45) is 6.34. The number of carbonyl (C=O) groups is 1. The van der Waals surface area contributed by atoms with Crippen molar-refractivity contribution >= 4 is 12.1 Å². The highest BCUT2D eigenvalue weighted by atomic mass is 16.5. The number of aromatic hydroxyl groups is 1. The number of rotatable bonds is 4. The van der Waals surface area contributed by atoms with Crippen molar-refractivity contribution in [3.8, 4) is 11.5 Å². The fraction of sp³-hybridized carbons (Fsp3) is 0.529. The van der Waals surface area contributed by atoms with E-state index in [0.717, 1.165) is 18.4 Å². The van der Waals surface area contributed by atoms with Gasteiger partial charge in [0.15, 0.2) is 11.5 Å². The normalized spacial score (nSPS) is 29.9. The van der Waals surface area contributed by atoms with Gasteiger partial charge < -0.3 is 9.84 Å². The number of nitrogens with one attached hydrogen (secondary N) is 1. The van der Waals surface area contributed by atoms with Crippen LogP contribution in [0.4, 0.5) is 0 Å². The maximum Gasteiger partial charge on any atom is 0.244 e. The Morgan fingerprint density at radius 1 is 1.50 bits per heavy atom. The average Bonchev–Trinajstić information content (AvgIpc) is 3.14. The predicted molar refractivity (Wildman–Crippen MR) is 84.0 cm³/mol. The Kier molecular flexibility index (Phi) is 3.81. The number of amides is 1. The van der Waals surface area contributed by atoms with Gasteiger partial charge in [0.1, 0.15) is 0 Å². The SMILES string of the molecule is COc1cc(C=NNC(=O)[C@@H]2[C@H]3CCCC[C@]32C)ccc1O. The van der Waals surface area contributed by atoms with E-state index in [4.69, 9.17) is 4.74 Å². The highest BCUT2D eigenvalue weighted by Crippen LogP contribution is 2.66. The molecule has 3 atom stereocenters. The van der Waals surface area contributed by atoms with Gasteiger partial charge in [-0.3, -0.25) is 4.79 Å². The van der Waals surface area contributed by atoms with E-state index < -0.39 is 0 Å². The van der Waals surface area contributed by atoms with Gasteiger partial charge in [-0.25, -0.2) is 5.43 Å². The Morgan fingerprint density at radius 2 is 2.32 bits per heavy atom. The number of hydrazone groups is 1. The Morgan fingerprint density at radius 3 is 3.00 bits per heavy atom. The topological polar surface area (TPSA) is 70.9 Å². The summed E-state index contributed by atoms with van der Waals surface area (Å²) in [6.45, 7) is 2.22. The van der Waals surface area contributed by atoms with Crippen LogP contribution in [-0.4, -0.2) is 24.3 Å². The van der Waals surface area contributed by atoms with Gasteiger partial charge >= 0.3 is 0 Å². The monoisotopic (exact) mass is 302 g/mol. The lowest BCUT2D eigenvalue weighted by Gasteiger charge is -2.15. The van der Waals surface area contributed by atoms with E-state index in [1.807, 2.05) is 0 Å². The molecule has 1 aromatic carbocycles. The molecule has 0 aromatic heterocycles. The van der Waals surface area contributed by atoms with Crippen molar-refractivity contribution in [1.82, 2.24) is 5.43 Å². The maximum atomic E-state index is 12.3. The first-order valence-electron chi connectivity index (χ1n) is 7.76. The van der Waals surface area contributed by atoms with Gasteiger partial charge in [0.05, 0.1) is 13.3 Å². The lowest BCUT2D eigenvalue weighted by molar-refractivity contribution is -0.123. The van der Waals surface area contributed by atoms with E-state index in [1.54, 1.807) is 24.4 Å². The number of fused-ring (bicyclic) bond motifs is 1. The van der Waals surface area contributed by atoms with Gasteiger partial charge in [-0.1, -0.05) is 19.8 Å². The summed E-state index contributed by atoms with van der Waals surface area (Å²) in [5.74, 6) is 1.14. The molecule has 2 fully saturated rings. The molecular formula is C17H22N2O3. The second-order valence-electron chi connectivity index (χ2n) is 6.50. The lowest BCUT2D eigenvalue weighted by Crippen LogP contribution is -2.22.